The van der Waals surface area contributed by atoms with E-state index >= 15 is 0 Å². The number of hydrogen-bond acceptors (Lipinski definition) is 4. The van der Waals surface area contributed by atoms with Crippen LogP contribution in [-0.4, -0.2) is 40.6 Å². The molecule has 0 saturated heterocycles. The van der Waals surface area contributed by atoms with Crippen molar-refractivity contribution in [3.05, 3.63) is 59.9 Å². The number of benzene rings is 1. The normalized spacial score (nSPS) is 10.8. The molecule has 1 aromatic heterocycles. The highest BCUT2D eigenvalue weighted by atomic mass is 16.4. The van der Waals surface area contributed by atoms with Gasteiger partial charge in [0.1, 0.15) is 0 Å². The Labute approximate surface area is 119 Å². The molecule has 104 valence electrons. The maximum Gasteiger partial charge on any atom is 0.488 e. The molecule has 0 radical (unpaired) electrons. The lowest BCUT2D eigenvalue weighted by Crippen LogP contribution is -2.35. The molecule has 20 heavy (non-hydrogen) atoms. The van der Waals surface area contributed by atoms with Crippen LogP contribution in [0, 0.1) is 0 Å². The van der Waals surface area contributed by atoms with Crippen molar-refractivity contribution >= 4 is 12.6 Å². The Kier molecular flexibility index (Phi) is 5.29. The van der Waals surface area contributed by atoms with Crippen LogP contribution in [-0.2, 0) is 13.0 Å². The van der Waals surface area contributed by atoms with Gasteiger partial charge in [0.05, 0.1) is 0 Å². The molecule has 1 aromatic carbocycles. The Morgan fingerprint density at radius 3 is 2.55 bits per heavy atom. The van der Waals surface area contributed by atoms with Gasteiger partial charge in [-0.1, -0.05) is 30.3 Å². The van der Waals surface area contributed by atoms with Crippen LogP contribution in [0.4, 0.5) is 0 Å². The van der Waals surface area contributed by atoms with Crippen molar-refractivity contribution in [3.63, 3.8) is 0 Å². The van der Waals surface area contributed by atoms with E-state index in [9.17, 15) is 10.0 Å². The topological polar surface area (TPSA) is 56.6 Å². The van der Waals surface area contributed by atoms with E-state index in [1.165, 1.54) is 0 Å². The summed E-state index contributed by atoms with van der Waals surface area (Å²) in [6.07, 6.45) is 2.67. The molecule has 2 aromatic rings. The maximum absolute atomic E-state index is 9.35. The van der Waals surface area contributed by atoms with E-state index in [1.807, 2.05) is 43.4 Å². The first-order valence-corrected chi connectivity index (χ1v) is 6.69. The largest absolute Gasteiger partial charge is 0.488 e. The van der Waals surface area contributed by atoms with Crippen LogP contribution in [0.5, 0.6) is 0 Å². The summed E-state index contributed by atoms with van der Waals surface area (Å²) in [6, 6.07) is 13.3. The number of nitrogens with zero attached hydrogens (tertiary/aromatic N) is 2. The molecule has 0 bridgehead atoms. The second-order valence-electron chi connectivity index (χ2n) is 4.88. The van der Waals surface area contributed by atoms with Gasteiger partial charge in [-0.15, -0.1) is 0 Å². The summed E-state index contributed by atoms with van der Waals surface area (Å²) >= 11 is 0. The third-order valence-corrected chi connectivity index (χ3v) is 3.25. The summed E-state index contributed by atoms with van der Waals surface area (Å²) in [4.78, 5) is 6.45. The zero-order chi connectivity index (χ0) is 14.4. The first-order chi connectivity index (χ1) is 9.66. The van der Waals surface area contributed by atoms with Crippen molar-refractivity contribution in [1.82, 2.24) is 9.88 Å². The minimum Gasteiger partial charge on any atom is -0.423 e. The molecule has 2 rings (SSSR count). The highest BCUT2D eigenvalue weighted by Crippen LogP contribution is 2.03. The summed E-state index contributed by atoms with van der Waals surface area (Å²) in [7, 11) is 0.596. The lowest BCUT2D eigenvalue weighted by atomic mass is 9.77. The van der Waals surface area contributed by atoms with E-state index in [4.69, 9.17) is 0 Å². The van der Waals surface area contributed by atoms with Gasteiger partial charge in [0.25, 0.3) is 0 Å². The van der Waals surface area contributed by atoms with Crippen molar-refractivity contribution in [1.29, 1.82) is 0 Å². The number of aromatic nitrogens is 1. The first-order valence-electron chi connectivity index (χ1n) is 6.69. The molecule has 0 saturated carbocycles. The average Bonchev–Trinajstić information content (AvgIpc) is 2.46. The van der Waals surface area contributed by atoms with E-state index in [0.717, 1.165) is 24.2 Å². The van der Waals surface area contributed by atoms with Crippen LogP contribution in [0.1, 0.15) is 11.3 Å². The van der Waals surface area contributed by atoms with Gasteiger partial charge in [-0.3, -0.25) is 4.98 Å². The fraction of sp³-hybridized carbons (Fsp3) is 0.267. The van der Waals surface area contributed by atoms with Crippen molar-refractivity contribution in [2.75, 3.05) is 13.6 Å². The van der Waals surface area contributed by atoms with Crippen molar-refractivity contribution in [2.45, 2.75) is 13.0 Å². The Bertz CT molecular complexity index is 534. The standard InChI is InChI=1S/C15H19BN2O2/c1-18(11-9-14-7-4-5-10-17-14)12-13-6-2-3-8-15(13)16(19)20/h2-8,10,19-20H,9,11-12H2,1H3. The van der Waals surface area contributed by atoms with Crippen LogP contribution in [0.15, 0.2) is 48.7 Å². The summed E-state index contributed by atoms with van der Waals surface area (Å²) in [5, 5.41) is 18.7. The number of pyridine rings is 1. The van der Waals surface area contributed by atoms with Gasteiger partial charge >= 0.3 is 7.12 Å². The van der Waals surface area contributed by atoms with Gasteiger partial charge in [0, 0.05) is 31.4 Å². The summed E-state index contributed by atoms with van der Waals surface area (Å²) in [5.41, 5.74) is 2.57. The van der Waals surface area contributed by atoms with Crippen molar-refractivity contribution in [3.8, 4) is 0 Å². The molecule has 4 nitrogen and oxygen atoms in total. The van der Waals surface area contributed by atoms with E-state index < -0.39 is 7.12 Å². The zero-order valence-corrected chi connectivity index (χ0v) is 11.6. The molecule has 0 fully saturated rings. The molecule has 0 atom stereocenters. The quantitative estimate of drug-likeness (QED) is 0.748. The predicted molar refractivity (Wildman–Crippen MR) is 80.5 cm³/mol. The van der Waals surface area contributed by atoms with E-state index in [2.05, 4.69) is 9.88 Å². The minimum atomic E-state index is -1.42. The molecule has 0 aliphatic carbocycles. The first kappa shape index (κ1) is 14.7. The second-order valence-corrected chi connectivity index (χ2v) is 4.88. The molecule has 5 heteroatoms. The van der Waals surface area contributed by atoms with E-state index in [0.29, 0.717) is 12.0 Å². The van der Waals surface area contributed by atoms with Gasteiger partial charge in [0.15, 0.2) is 0 Å². The molecule has 0 aliphatic heterocycles. The number of rotatable bonds is 6. The second kappa shape index (κ2) is 7.19. The van der Waals surface area contributed by atoms with Crippen molar-refractivity contribution in [2.24, 2.45) is 0 Å². The Balaban J connectivity index is 1.93. The van der Waals surface area contributed by atoms with Gasteiger partial charge in [-0.2, -0.15) is 0 Å². The maximum atomic E-state index is 9.35. The van der Waals surface area contributed by atoms with Gasteiger partial charge in [-0.05, 0) is 30.2 Å². The highest BCUT2D eigenvalue weighted by molar-refractivity contribution is 6.59. The Morgan fingerprint density at radius 1 is 1.10 bits per heavy atom. The van der Waals surface area contributed by atoms with Crippen molar-refractivity contribution < 1.29 is 10.0 Å². The van der Waals surface area contributed by atoms with Crippen LogP contribution in [0.25, 0.3) is 0 Å². The average molecular weight is 270 g/mol. The molecule has 0 amide bonds. The fourth-order valence-corrected chi connectivity index (χ4v) is 2.15. The van der Waals surface area contributed by atoms with Gasteiger partial charge < -0.3 is 14.9 Å². The van der Waals surface area contributed by atoms with Crippen LogP contribution in [0.3, 0.4) is 0 Å². The third kappa shape index (κ3) is 4.16. The fourth-order valence-electron chi connectivity index (χ4n) is 2.15. The van der Waals surface area contributed by atoms with E-state index in [1.54, 1.807) is 12.3 Å². The molecule has 1 heterocycles. The Hall–Kier alpha value is -1.69. The molecular formula is C15H19BN2O2. The lowest BCUT2D eigenvalue weighted by molar-refractivity contribution is 0.330. The number of likely N-dealkylation sites (N-methyl/N-ethyl adjacent to an activating group) is 1. The number of hydrogen-bond donors (Lipinski definition) is 2. The van der Waals surface area contributed by atoms with Gasteiger partial charge in [0.2, 0.25) is 0 Å². The van der Waals surface area contributed by atoms with Crippen LogP contribution >= 0.6 is 0 Å². The summed E-state index contributed by atoms with van der Waals surface area (Å²) in [6.45, 7) is 1.55. The van der Waals surface area contributed by atoms with Crippen LogP contribution < -0.4 is 5.46 Å². The van der Waals surface area contributed by atoms with E-state index in [-0.39, 0.29) is 0 Å². The lowest BCUT2D eigenvalue weighted by Gasteiger charge is -2.18. The van der Waals surface area contributed by atoms with Gasteiger partial charge in [-0.25, -0.2) is 0 Å². The smallest absolute Gasteiger partial charge is 0.423 e. The monoisotopic (exact) mass is 270 g/mol. The molecule has 2 N–H and O–H groups in total. The molecule has 0 spiro atoms. The molecule has 0 aliphatic rings. The third-order valence-electron chi connectivity index (χ3n) is 3.25. The highest BCUT2D eigenvalue weighted by Gasteiger charge is 2.15. The summed E-state index contributed by atoms with van der Waals surface area (Å²) in [5.74, 6) is 0. The SMILES string of the molecule is CN(CCc1ccccn1)Cc1ccccc1B(O)O. The zero-order valence-electron chi connectivity index (χ0n) is 11.6. The Morgan fingerprint density at radius 2 is 1.85 bits per heavy atom. The molecular weight excluding hydrogens is 251 g/mol. The molecule has 0 unspecified atom stereocenters. The minimum absolute atomic E-state index is 0.567. The van der Waals surface area contributed by atoms with Crippen LogP contribution in [0.2, 0.25) is 0 Å². The predicted octanol–water partition coefficient (Wildman–Crippen LogP) is 0.436. The summed E-state index contributed by atoms with van der Waals surface area (Å²) < 4.78 is 0.